The molecule has 8 N–H and O–H groups in total. The van der Waals surface area contributed by atoms with Crippen LogP contribution in [0.2, 0.25) is 0 Å². The third-order valence-electron chi connectivity index (χ3n) is 12.0. The number of anilines is 2. The number of hydrogen-bond donors (Lipinski definition) is 8. The molecule has 414 valence electrons. The molecule has 7 aromatic rings. The summed E-state index contributed by atoms with van der Waals surface area (Å²) in [5.74, 6) is -4.47. The Morgan fingerprint density at radius 2 is 0.650 bits per heavy atom. The molecule has 0 saturated heterocycles. The van der Waals surface area contributed by atoms with E-state index in [9.17, 15) is 80.6 Å². The Labute approximate surface area is 458 Å². The Kier molecular flexibility index (Phi) is 18.2. The predicted octanol–water partition coefficient (Wildman–Crippen LogP) is 6.67. The highest BCUT2D eigenvalue weighted by atomic mass is 32.2. The van der Waals surface area contributed by atoms with Crippen molar-refractivity contribution < 1.29 is 80.6 Å². The summed E-state index contributed by atoms with van der Waals surface area (Å²) in [6, 6.07) is 33.3. The maximum absolute atomic E-state index is 14.1. The van der Waals surface area contributed by atoms with Gasteiger partial charge in [0.2, 0.25) is 0 Å². The minimum absolute atomic E-state index is 0.00436. The van der Waals surface area contributed by atoms with E-state index in [2.05, 4.69) is 21.3 Å². The number of benzene rings is 7. The van der Waals surface area contributed by atoms with Crippen LogP contribution in [0.4, 0.5) is 11.4 Å². The van der Waals surface area contributed by atoms with Crippen molar-refractivity contribution in [3.63, 3.8) is 0 Å². The maximum atomic E-state index is 14.1. The van der Waals surface area contributed by atoms with Crippen molar-refractivity contribution in [3.8, 4) is 0 Å². The fourth-order valence-corrected chi connectivity index (χ4v) is 10.1. The van der Waals surface area contributed by atoms with Crippen LogP contribution in [0, 0.1) is 0 Å². The molecule has 4 amide bonds. The molecule has 0 unspecified atom stereocenters. The van der Waals surface area contributed by atoms with Gasteiger partial charge in [-0.25, -0.2) is 0 Å². The van der Waals surface area contributed by atoms with Crippen molar-refractivity contribution in [2.45, 2.75) is 58.4 Å². The minimum Gasteiger partial charge on any atom is -0.348 e. The summed E-state index contributed by atoms with van der Waals surface area (Å²) in [5.41, 5.74) is 0.163. The topological polar surface area (TPSA) is 368 Å². The quantitative estimate of drug-likeness (QED) is 0.0259. The third-order valence-corrected chi connectivity index (χ3v) is 15.4. The van der Waals surface area contributed by atoms with Crippen LogP contribution in [0.1, 0.15) is 97.2 Å². The van der Waals surface area contributed by atoms with Crippen molar-refractivity contribution in [3.05, 3.63) is 213 Å². The fraction of sp³-hybridized carbons (Fsp3) is 0.111. The molecule has 0 atom stereocenters. The molecule has 0 heterocycles. The van der Waals surface area contributed by atoms with Crippen molar-refractivity contribution in [2.75, 3.05) is 10.6 Å². The van der Waals surface area contributed by atoms with Crippen LogP contribution in [0.25, 0.3) is 0 Å². The average Bonchev–Trinajstić information content (AvgIpc) is 3.42. The van der Waals surface area contributed by atoms with Gasteiger partial charge >= 0.3 is 0 Å². The zero-order valence-electron chi connectivity index (χ0n) is 41.4. The van der Waals surface area contributed by atoms with Crippen molar-refractivity contribution in [1.82, 2.24) is 10.6 Å². The van der Waals surface area contributed by atoms with E-state index in [1.54, 1.807) is 12.1 Å². The van der Waals surface area contributed by atoms with E-state index in [1.165, 1.54) is 115 Å². The Bertz CT molecular complexity index is 3850. The van der Waals surface area contributed by atoms with Gasteiger partial charge in [-0.15, -0.1) is 0 Å². The Balaban J connectivity index is 1.15. The van der Waals surface area contributed by atoms with Crippen LogP contribution in [-0.2, 0) is 66.4 Å². The summed E-state index contributed by atoms with van der Waals surface area (Å²) in [7, 11) is -18.3. The Morgan fingerprint density at radius 3 is 0.988 bits per heavy atom. The summed E-state index contributed by atoms with van der Waals surface area (Å²) in [4.78, 5) is 81.3. The zero-order chi connectivity index (χ0) is 58.2. The molecule has 80 heavy (non-hydrogen) atoms. The number of Topliss-reactive ketones (excluding diaryl/α,β-unsaturated/α-hetero) is 2. The first kappa shape index (κ1) is 59.1. The minimum atomic E-state index is -4.59. The molecule has 0 aliphatic rings. The number of carbonyl (C=O) groups excluding carboxylic acids is 6. The highest BCUT2D eigenvalue weighted by Gasteiger charge is 2.23. The second-order valence-corrected chi connectivity index (χ2v) is 23.4. The van der Waals surface area contributed by atoms with Crippen molar-refractivity contribution in [1.29, 1.82) is 0 Å². The lowest BCUT2D eigenvalue weighted by Crippen LogP contribution is -2.26. The van der Waals surface area contributed by atoms with Crippen LogP contribution >= 0.6 is 0 Å². The molecule has 22 nitrogen and oxygen atoms in total. The summed E-state index contributed by atoms with van der Waals surface area (Å²) in [5, 5.41) is 10.4. The van der Waals surface area contributed by atoms with E-state index in [4.69, 9.17) is 0 Å². The molecule has 7 aromatic carbocycles. The van der Waals surface area contributed by atoms with Gasteiger partial charge in [-0.1, -0.05) is 66.7 Å². The van der Waals surface area contributed by atoms with Crippen LogP contribution in [0.3, 0.4) is 0 Å². The smallest absolute Gasteiger partial charge is 0.294 e. The monoisotopic (exact) mass is 1170 g/mol. The summed E-state index contributed by atoms with van der Waals surface area (Å²) >= 11 is 0. The number of nitrogens with one attached hydrogen (secondary N) is 4. The normalized spacial score (nSPS) is 11.8. The number of amides is 4. The van der Waals surface area contributed by atoms with Gasteiger partial charge < -0.3 is 21.3 Å². The molecular weight excluding hydrogens is 1120 g/mol. The summed E-state index contributed by atoms with van der Waals surface area (Å²) < 4.78 is 132. The molecule has 0 fully saturated rings. The van der Waals surface area contributed by atoms with Gasteiger partial charge in [-0.05, 0) is 126 Å². The number of carbonyl (C=O) groups is 6. The van der Waals surface area contributed by atoms with E-state index in [-0.39, 0.29) is 104 Å². The zero-order valence-corrected chi connectivity index (χ0v) is 44.7. The van der Waals surface area contributed by atoms with Gasteiger partial charge in [0.15, 0.2) is 11.6 Å². The fourth-order valence-electron chi connectivity index (χ4n) is 7.94. The molecular formula is C54H46N4O18S4. The number of hydrogen-bond acceptors (Lipinski definition) is 14. The molecule has 0 spiro atoms. The molecule has 0 saturated carbocycles. The SMILES string of the molecule is O=C(CCc1cccc(S(=O)(=O)O)c1)c1ccc(C(=O)NCc2cccc(S(=O)(=O)O)c2)c(NC(=O)c2cccc(C(=O)Nc3cc(C(=O)CCc4cccc(S(=O)(=O)O)c4)ccc3C(=O)NCc3cccc(S(=O)(=O)O)c3)c2)c1. The highest BCUT2D eigenvalue weighted by Crippen LogP contribution is 2.25. The van der Waals surface area contributed by atoms with Gasteiger partial charge in [0.1, 0.15) is 0 Å². The number of ketones is 2. The number of rotatable bonds is 22. The van der Waals surface area contributed by atoms with E-state index in [0.29, 0.717) is 11.1 Å². The lowest BCUT2D eigenvalue weighted by Gasteiger charge is -2.15. The lowest BCUT2D eigenvalue weighted by atomic mass is 9.99. The molecule has 0 aromatic heterocycles. The number of aryl methyl sites for hydroxylation is 2. The molecule has 0 aliphatic heterocycles. The van der Waals surface area contributed by atoms with Crippen LogP contribution in [0.15, 0.2) is 177 Å². The first-order valence-electron chi connectivity index (χ1n) is 23.5. The Hall–Kier alpha value is -8.60. The molecule has 26 heteroatoms. The van der Waals surface area contributed by atoms with Crippen LogP contribution < -0.4 is 21.3 Å². The van der Waals surface area contributed by atoms with Crippen molar-refractivity contribution >= 4 is 87.0 Å². The molecule has 0 bridgehead atoms. The van der Waals surface area contributed by atoms with Gasteiger partial charge in [-0.3, -0.25) is 47.0 Å². The standard InChI is InChI=1S/C54H46N4O18S4/c59-49(22-16-33-6-1-12-41(24-33)77(65,66)67)37-18-20-45(53(63)55-31-35-8-3-14-43(26-35)79(71,72)73)47(29-37)57-51(61)39-10-5-11-40(28-39)52(62)58-48-30-38(50(60)23-17-34-7-2-13-42(25-34)78(68,69)70)19-21-46(48)54(64)56-32-36-9-4-15-44(27-36)80(74,75)76/h1-15,18-21,24-30H,16-17,22-23,31-32H2,(H,55,63)(H,56,64)(H,57,61)(H,58,62)(H,65,66,67)(H,68,69,70)(H,71,72,73)(H,74,75,76). The largest absolute Gasteiger partial charge is 0.348 e. The van der Waals surface area contributed by atoms with E-state index >= 15 is 0 Å². The van der Waals surface area contributed by atoms with Crippen LogP contribution in [-0.4, -0.2) is 87.1 Å². The second-order valence-electron chi connectivity index (χ2n) is 17.7. The molecule has 0 radical (unpaired) electrons. The van der Waals surface area contributed by atoms with E-state index in [1.807, 2.05) is 0 Å². The molecule has 7 rings (SSSR count). The molecule has 0 aliphatic carbocycles. The first-order valence-corrected chi connectivity index (χ1v) is 29.3. The second kappa shape index (κ2) is 24.6. The van der Waals surface area contributed by atoms with Crippen LogP contribution in [0.5, 0.6) is 0 Å². The van der Waals surface area contributed by atoms with Gasteiger partial charge in [0.25, 0.3) is 64.1 Å². The maximum Gasteiger partial charge on any atom is 0.294 e. The van der Waals surface area contributed by atoms with E-state index < -0.39 is 85.5 Å². The Morgan fingerprint density at radius 1 is 0.338 bits per heavy atom. The van der Waals surface area contributed by atoms with Gasteiger partial charge in [0.05, 0.1) is 42.1 Å². The lowest BCUT2D eigenvalue weighted by molar-refractivity contribution is 0.0942. The highest BCUT2D eigenvalue weighted by molar-refractivity contribution is 7.86. The van der Waals surface area contributed by atoms with Gasteiger partial charge in [-0.2, -0.15) is 33.7 Å². The summed E-state index contributed by atoms with van der Waals surface area (Å²) in [6.07, 6.45) is -0.369. The average molecular weight is 1170 g/mol. The predicted molar refractivity (Wildman–Crippen MR) is 288 cm³/mol. The van der Waals surface area contributed by atoms with Crippen molar-refractivity contribution in [2.24, 2.45) is 0 Å². The first-order chi connectivity index (χ1) is 37.6. The van der Waals surface area contributed by atoms with E-state index in [0.717, 1.165) is 30.3 Å². The third kappa shape index (κ3) is 15.8. The van der Waals surface area contributed by atoms with Gasteiger partial charge in [0, 0.05) is 48.2 Å². The summed E-state index contributed by atoms with van der Waals surface area (Å²) in [6.45, 7) is -0.537.